The number of nitrogen functional groups attached to an aromatic ring is 1. The number of nitrogens with one attached hydrogen (secondary N) is 1. The van der Waals surface area contributed by atoms with Crippen molar-refractivity contribution in [1.82, 2.24) is 4.98 Å². The Bertz CT molecular complexity index is 347. The van der Waals surface area contributed by atoms with Crippen LogP contribution in [0.15, 0.2) is 12.1 Å². The zero-order chi connectivity index (χ0) is 12.7. The highest BCUT2D eigenvalue weighted by atomic mass is 16.5. The average molecular weight is 241 g/mol. The van der Waals surface area contributed by atoms with E-state index in [4.69, 9.17) is 15.2 Å². The Kier molecular flexibility index (Phi) is 5.51. The number of hydrogen-bond donors (Lipinski definition) is 3. The van der Waals surface area contributed by atoms with Gasteiger partial charge in [0.25, 0.3) is 0 Å². The molecule has 6 nitrogen and oxygen atoms in total. The first kappa shape index (κ1) is 13.5. The van der Waals surface area contributed by atoms with Crippen molar-refractivity contribution < 1.29 is 14.6 Å². The Morgan fingerprint density at radius 3 is 2.88 bits per heavy atom. The summed E-state index contributed by atoms with van der Waals surface area (Å²) in [5, 5.41) is 12.5. The summed E-state index contributed by atoms with van der Waals surface area (Å²) in [5.74, 6) is 1.06. The van der Waals surface area contributed by atoms with Crippen LogP contribution in [0.5, 0.6) is 5.88 Å². The number of aromatic nitrogens is 1. The van der Waals surface area contributed by atoms with Gasteiger partial charge in [-0.2, -0.15) is 4.98 Å². The van der Waals surface area contributed by atoms with Crippen molar-refractivity contribution in [2.75, 3.05) is 38.4 Å². The van der Waals surface area contributed by atoms with E-state index in [2.05, 4.69) is 10.3 Å². The molecule has 1 aromatic heterocycles. The van der Waals surface area contributed by atoms with Gasteiger partial charge in [-0.3, -0.25) is 0 Å². The lowest BCUT2D eigenvalue weighted by atomic mass is 10.2. The minimum atomic E-state index is -0.487. The molecule has 1 heterocycles. The molecule has 0 aliphatic carbocycles. The van der Waals surface area contributed by atoms with Gasteiger partial charge >= 0.3 is 0 Å². The Labute approximate surface area is 101 Å². The van der Waals surface area contributed by atoms with Crippen LogP contribution in [0.1, 0.15) is 6.42 Å². The molecular formula is C11H19N3O3. The van der Waals surface area contributed by atoms with Crippen LogP contribution in [-0.2, 0) is 4.74 Å². The lowest BCUT2D eigenvalue weighted by Crippen LogP contribution is -2.19. The fourth-order valence-corrected chi connectivity index (χ4v) is 1.34. The van der Waals surface area contributed by atoms with E-state index in [-0.39, 0.29) is 0 Å². The number of pyridine rings is 1. The lowest BCUT2D eigenvalue weighted by Gasteiger charge is -2.12. The first-order valence-electron chi connectivity index (χ1n) is 5.38. The molecule has 0 radical (unpaired) electrons. The van der Waals surface area contributed by atoms with Crippen LogP contribution in [0.25, 0.3) is 0 Å². The maximum Gasteiger partial charge on any atom is 0.215 e. The molecule has 1 atom stereocenters. The number of anilines is 2. The minimum Gasteiger partial charge on any atom is -0.481 e. The molecule has 0 fully saturated rings. The summed E-state index contributed by atoms with van der Waals surface area (Å²) in [6, 6.07) is 3.42. The third-order valence-corrected chi connectivity index (χ3v) is 2.24. The summed E-state index contributed by atoms with van der Waals surface area (Å²) in [6.07, 6.45) is 0.0749. The van der Waals surface area contributed by atoms with Crippen LogP contribution >= 0.6 is 0 Å². The molecular weight excluding hydrogens is 222 g/mol. The normalized spacial score (nSPS) is 12.2. The van der Waals surface area contributed by atoms with Gasteiger partial charge in [-0.1, -0.05) is 0 Å². The van der Waals surface area contributed by atoms with Crippen molar-refractivity contribution in [3.63, 3.8) is 0 Å². The Hall–Kier alpha value is -1.53. The molecule has 1 rings (SSSR count). The number of hydrogen-bond acceptors (Lipinski definition) is 6. The van der Waals surface area contributed by atoms with E-state index in [1.165, 1.54) is 0 Å². The van der Waals surface area contributed by atoms with E-state index in [0.717, 1.165) is 0 Å². The topological polar surface area (TPSA) is 89.6 Å². The van der Waals surface area contributed by atoms with E-state index in [9.17, 15) is 5.11 Å². The fourth-order valence-electron chi connectivity index (χ4n) is 1.34. The second kappa shape index (κ2) is 6.93. The number of aliphatic hydroxyl groups excluding tert-OH is 1. The third kappa shape index (κ3) is 4.46. The molecule has 0 bridgehead atoms. The average Bonchev–Trinajstić information content (AvgIpc) is 2.32. The molecule has 6 heteroatoms. The van der Waals surface area contributed by atoms with Gasteiger partial charge in [0.15, 0.2) is 5.82 Å². The van der Waals surface area contributed by atoms with Gasteiger partial charge in [-0.05, 0) is 12.5 Å². The summed E-state index contributed by atoms with van der Waals surface area (Å²) in [6.45, 7) is 0.887. The summed E-state index contributed by atoms with van der Waals surface area (Å²) >= 11 is 0. The minimum absolute atomic E-state index is 0.322. The van der Waals surface area contributed by atoms with Gasteiger partial charge in [-0.15, -0.1) is 0 Å². The Morgan fingerprint density at radius 2 is 2.24 bits per heavy atom. The van der Waals surface area contributed by atoms with E-state index in [1.807, 2.05) is 0 Å². The standard InChI is InChI=1S/C11H19N3O3/c1-16-7-8(15)5-6-13-11-9(12)3-4-10(14-11)17-2/h3-4,8,15H,5-7,12H2,1-2H3,(H,13,14). The maximum atomic E-state index is 9.46. The zero-order valence-electron chi connectivity index (χ0n) is 10.1. The Morgan fingerprint density at radius 1 is 1.47 bits per heavy atom. The van der Waals surface area contributed by atoms with Gasteiger partial charge in [0.1, 0.15) is 0 Å². The molecule has 0 amide bonds. The van der Waals surface area contributed by atoms with E-state index in [1.54, 1.807) is 26.4 Å². The van der Waals surface area contributed by atoms with Crippen LogP contribution in [0.3, 0.4) is 0 Å². The second-order valence-electron chi connectivity index (χ2n) is 3.62. The zero-order valence-corrected chi connectivity index (χ0v) is 10.1. The third-order valence-electron chi connectivity index (χ3n) is 2.24. The van der Waals surface area contributed by atoms with Crippen molar-refractivity contribution in [1.29, 1.82) is 0 Å². The number of aliphatic hydroxyl groups is 1. The van der Waals surface area contributed by atoms with Crippen molar-refractivity contribution in [2.24, 2.45) is 0 Å². The van der Waals surface area contributed by atoms with Crippen LogP contribution < -0.4 is 15.8 Å². The van der Waals surface area contributed by atoms with Crippen LogP contribution in [-0.4, -0.2) is 43.6 Å². The first-order valence-corrected chi connectivity index (χ1v) is 5.38. The summed E-state index contributed by atoms with van der Waals surface area (Å²) in [4.78, 5) is 4.16. The molecule has 0 aliphatic heterocycles. The van der Waals surface area contributed by atoms with Gasteiger partial charge in [0.05, 0.1) is 25.5 Å². The summed E-state index contributed by atoms with van der Waals surface area (Å²) in [5.41, 5.74) is 6.30. The van der Waals surface area contributed by atoms with Crippen molar-refractivity contribution in [2.45, 2.75) is 12.5 Å². The smallest absolute Gasteiger partial charge is 0.215 e. The lowest BCUT2D eigenvalue weighted by molar-refractivity contribution is 0.0615. The molecule has 0 spiro atoms. The first-order chi connectivity index (χ1) is 8.17. The summed E-state index contributed by atoms with van der Waals surface area (Å²) in [7, 11) is 3.10. The fraction of sp³-hybridized carbons (Fsp3) is 0.545. The molecule has 4 N–H and O–H groups in total. The molecule has 1 unspecified atom stereocenters. The Balaban J connectivity index is 2.45. The molecule has 0 aromatic carbocycles. The molecule has 1 aromatic rings. The second-order valence-corrected chi connectivity index (χ2v) is 3.62. The number of methoxy groups -OCH3 is 2. The maximum absolute atomic E-state index is 9.46. The number of nitrogens with two attached hydrogens (primary N) is 1. The number of rotatable bonds is 7. The number of ether oxygens (including phenoxy) is 2. The number of nitrogens with zero attached hydrogens (tertiary/aromatic N) is 1. The van der Waals surface area contributed by atoms with E-state index < -0.39 is 6.10 Å². The van der Waals surface area contributed by atoms with E-state index in [0.29, 0.717) is 37.0 Å². The summed E-state index contributed by atoms with van der Waals surface area (Å²) < 4.78 is 9.83. The van der Waals surface area contributed by atoms with Crippen LogP contribution in [0.2, 0.25) is 0 Å². The van der Waals surface area contributed by atoms with Gasteiger partial charge in [0, 0.05) is 19.7 Å². The largest absolute Gasteiger partial charge is 0.481 e. The van der Waals surface area contributed by atoms with Crippen molar-refractivity contribution in [3.05, 3.63) is 12.1 Å². The van der Waals surface area contributed by atoms with Crippen molar-refractivity contribution >= 4 is 11.5 Å². The van der Waals surface area contributed by atoms with Crippen LogP contribution in [0.4, 0.5) is 11.5 Å². The quantitative estimate of drug-likeness (QED) is 0.643. The highest BCUT2D eigenvalue weighted by Gasteiger charge is 2.05. The SMILES string of the molecule is COCC(O)CCNc1nc(OC)ccc1N. The van der Waals surface area contributed by atoms with Gasteiger partial charge in [0.2, 0.25) is 5.88 Å². The molecule has 0 aliphatic rings. The predicted octanol–water partition coefficient (Wildman–Crippen LogP) is 0.482. The molecule has 17 heavy (non-hydrogen) atoms. The predicted molar refractivity (Wildman–Crippen MR) is 66.2 cm³/mol. The highest BCUT2D eigenvalue weighted by molar-refractivity contribution is 5.61. The molecule has 96 valence electrons. The monoisotopic (exact) mass is 241 g/mol. The molecule has 0 saturated heterocycles. The van der Waals surface area contributed by atoms with Crippen LogP contribution in [0, 0.1) is 0 Å². The van der Waals surface area contributed by atoms with Gasteiger partial charge in [-0.25, -0.2) is 0 Å². The highest BCUT2D eigenvalue weighted by Crippen LogP contribution is 2.19. The molecule has 0 saturated carbocycles. The van der Waals surface area contributed by atoms with Gasteiger partial charge < -0.3 is 25.6 Å². The van der Waals surface area contributed by atoms with Crippen molar-refractivity contribution in [3.8, 4) is 5.88 Å². The van der Waals surface area contributed by atoms with E-state index >= 15 is 0 Å².